The molecule has 0 aliphatic heterocycles. The molecule has 1 aromatic rings. The van der Waals surface area contributed by atoms with Crippen LogP contribution in [0.5, 0.6) is 5.75 Å². The topological polar surface area (TPSA) is 70.7 Å². The van der Waals surface area contributed by atoms with E-state index in [9.17, 15) is 9.59 Å². The van der Waals surface area contributed by atoms with Gasteiger partial charge in [-0.25, -0.2) is 0 Å². The van der Waals surface area contributed by atoms with E-state index in [1.807, 2.05) is 32.0 Å². The number of benzene rings is 1. The lowest BCUT2D eigenvalue weighted by atomic mass is 10.1. The first kappa shape index (κ1) is 22.7. The van der Waals surface area contributed by atoms with Crippen molar-refractivity contribution in [3.05, 3.63) is 53.3 Å². The summed E-state index contributed by atoms with van der Waals surface area (Å²) in [7, 11) is 5.35. The SMILES string of the molecule is CC/C=C(\C=C/CCl)NC(=O)c1cc(C(=O)NCCN(C)C)ccc1OC. The van der Waals surface area contributed by atoms with Crippen LogP contribution in [0.4, 0.5) is 0 Å². The lowest BCUT2D eigenvalue weighted by Gasteiger charge is -2.13. The van der Waals surface area contributed by atoms with Gasteiger partial charge in [-0.1, -0.05) is 19.1 Å². The number of nitrogens with one attached hydrogen (secondary N) is 2. The van der Waals surface area contributed by atoms with Gasteiger partial charge in [-0.2, -0.15) is 0 Å². The van der Waals surface area contributed by atoms with Crippen LogP contribution in [-0.2, 0) is 0 Å². The van der Waals surface area contributed by atoms with Gasteiger partial charge < -0.3 is 20.3 Å². The van der Waals surface area contributed by atoms with E-state index in [1.54, 1.807) is 24.3 Å². The number of carbonyl (C=O) groups is 2. The maximum atomic E-state index is 12.7. The molecule has 1 aromatic carbocycles. The van der Waals surface area contributed by atoms with Gasteiger partial charge >= 0.3 is 0 Å². The fourth-order valence-electron chi connectivity index (χ4n) is 2.27. The Morgan fingerprint density at radius 3 is 2.59 bits per heavy atom. The molecule has 0 fully saturated rings. The molecular formula is C20H28ClN3O3. The number of allylic oxidation sites excluding steroid dienone is 3. The van der Waals surface area contributed by atoms with Gasteiger partial charge in [-0.15, -0.1) is 11.6 Å². The predicted molar refractivity (Wildman–Crippen MR) is 110 cm³/mol. The summed E-state index contributed by atoms with van der Waals surface area (Å²) in [4.78, 5) is 27.0. The summed E-state index contributed by atoms with van der Waals surface area (Å²) >= 11 is 5.67. The average Bonchev–Trinajstić information content (AvgIpc) is 2.65. The minimum absolute atomic E-state index is 0.236. The van der Waals surface area contributed by atoms with E-state index in [4.69, 9.17) is 16.3 Å². The number of likely N-dealkylation sites (N-methyl/N-ethyl adjacent to an activating group) is 1. The molecule has 0 unspecified atom stereocenters. The van der Waals surface area contributed by atoms with Crippen molar-refractivity contribution in [2.45, 2.75) is 13.3 Å². The second-order valence-electron chi connectivity index (χ2n) is 6.05. The Kier molecular flexibility index (Phi) is 10.2. The summed E-state index contributed by atoms with van der Waals surface area (Å²) in [6.45, 7) is 3.22. The third-order valence-electron chi connectivity index (χ3n) is 3.62. The van der Waals surface area contributed by atoms with Crippen LogP contribution >= 0.6 is 11.6 Å². The highest BCUT2D eigenvalue weighted by Crippen LogP contribution is 2.20. The molecule has 0 atom stereocenters. The molecule has 0 aromatic heterocycles. The zero-order chi connectivity index (χ0) is 20.2. The molecule has 27 heavy (non-hydrogen) atoms. The minimum atomic E-state index is -0.353. The van der Waals surface area contributed by atoms with Gasteiger partial charge in [0.1, 0.15) is 5.75 Å². The fraction of sp³-hybridized carbons (Fsp3) is 0.400. The first-order chi connectivity index (χ1) is 12.9. The third kappa shape index (κ3) is 7.85. The molecule has 7 heteroatoms. The summed E-state index contributed by atoms with van der Waals surface area (Å²) in [6, 6.07) is 4.79. The molecule has 0 radical (unpaired) electrons. The molecule has 0 bridgehead atoms. The third-order valence-corrected chi connectivity index (χ3v) is 3.80. The largest absolute Gasteiger partial charge is 0.496 e. The van der Waals surface area contributed by atoms with Crippen molar-refractivity contribution < 1.29 is 14.3 Å². The predicted octanol–water partition coefficient (Wildman–Crippen LogP) is 2.81. The van der Waals surface area contributed by atoms with E-state index in [1.165, 1.54) is 13.2 Å². The lowest BCUT2D eigenvalue weighted by molar-refractivity contribution is 0.0951. The number of hydrogen-bond acceptors (Lipinski definition) is 4. The normalized spacial score (nSPS) is 11.7. The summed E-state index contributed by atoms with van der Waals surface area (Å²) in [6.07, 6.45) is 6.13. The van der Waals surface area contributed by atoms with Gasteiger partial charge in [0.25, 0.3) is 11.8 Å². The quantitative estimate of drug-likeness (QED) is 0.473. The van der Waals surface area contributed by atoms with Gasteiger partial charge in [-0.05, 0) is 44.8 Å². The molecule has 148 valence electrons. The Balaban J connectivity index is 3.00. The zero-order valence-corrected chi connectivity index (χ0v) is 17.1. The highest BCUT2D eigenvalue weighted by atomic mass is 35.5. The molecule has 6 nitrogen and oxygen atoms in total. The van der Waals surface area contributed by atoms with Crippen LogP contribution < -0.4 is 15.4 Å². The Morgan fingerprint density at radius 1 is 1.26 bits per heavy atom. The smallest absolute Gasteiger partial charge is 0.259 e. The van der Waals surface area contributed by atoms with Crippen molar-refractivity contribution in [3.8, 4) is 5.75 Å². The maximum absolute atomic E-state index is 12.7. The van der Waals surface area contributed by atoms with E-state index < -0.39 is 0 Å². The van der Waals surface area contributed by atoms with Gasteiger partial charge in [0.05, 0.1) is 12.7 Å². The van der Waals surface area contributed by atoms with Crippen molar-refractivity contribution in [1.29, 1.82) is 0 Å². The number of carbonyl (C=O) groups excluding carboxylic acids is 2. The monoisotopic (exact) mass is 393 g/mol. The van der Waals surface area contributed by atoms with Crippen LogP contribution in [0.3, 0.4) is 0 Å². The molecular weight excluding hydrogens is 366 g/mol. The van der Waals surface area contributed by atoms with Crippen molar-refractivity contribution in [1.82, 2.24) is 15.5 Å². The van der Waals surface area contributed by atoms with E-state index in [2.05, 4.69) is 10.6 Å². The van der Waals surface area contributed by atoms with Crippen LogP contribution in [0.15, 0.2) is 42.1 Å². The molecule has 2 amide bonds. The van der Waals surface area contributed by atoms with Crippen LogP contribution in [-0.4, -0.2) is 56.9 Å². The Morgan fingerprint density at radius 2 is 2.00 bits per heavy atom. The number of nitrogens with zero attached hydrogens (tertiary/aromatic N) is 1. The van der Waals surface area contributed by atoms with Crippen molar-refractivity contribution in [2.75, 3.05) is 40.2 Å². The average molecular weight is 394 g/mol. The van der Waals surface area contributed by atoms with Crippen molar-refractivity contribution in [3.63, 3.8) is 0 Å². The molecule has 0 saturated heterocycles. The molecule has 0 aliphatic rings. The van der Waals surface area contributed by atoms with Gasteiger partial charge in [0, 0.05) is 30.2 Å². The molecule has 0 heterocycles. The lowest BCUT2D eigenvalue weighted by Crippen LogP contribution is -2.31. The standard InChI is InChI=1S/C20H28ClN3O3/c1-5-7-16(8-6-11-21)23-20(26)17-14-15(9-10-18(17)27-4)19(25)22-12-13-24(2)3/h6-10,14H,5,11-13H2,1-4H3,(H,22,25)(H,23,26)/b8-6-,16-7+. The molecule has 2 N–H and O–H groups in total. The highest BCUT2D eigenvalue weighted by Gasteiger charge is 2.16. The summed E-state index contributed by atoms with van der Waals surface area (Å²) in [5.41, 5.74) is 1.34. The number of amides is 2. The van der Waals surface area contributed by atoms with Crippen LogP contribution in [0, 0.1) is 0 Å². The molecule has 0 spiro atoms. The van der Waals surface area contributed by atoms with Crippen LogP contribution in [0.2, 0.25) is 0 Å². The minimum Gasteiger partial charge on any atom is -0.496 e. The van der Waals surface area contributed by atoms with Gasteiger partial charge in [0.15, 0.2) is 0 Å². The number of alkyl halides is 1. The first-order valence-electron chi connectivity index (χ1n) is 8.77. The van der Waals surface area contributed by atoms with E-state index in [0.29, 0.717) is 35.0 Å². The Bertz CT molecular complexity index is 700. The van der Waals surface area contributed by atoms with E-state index >= 15 is 0 Å². The highest BCUT2D eigenvalue weighted by molar-refractivity contribution is 6.18. The second kappa shape index (κ2) is 12.1. The van der Waals surface area contributed by atoms with Crippen molar-refractivity contribution >= 4 is 23.4 Å². The number of hydrogen-bond donors (Lipinski definition) is 2. The van der Waals surface area contributed by atoms with Crippen LogP contribution in [0.1, 0.15) is 34.1 Å². The van der Waals surface area contributed by atoms with Gasteiger partial charge in [0.2, 0.25) is 0 Å². The maximum Gasteiger partial charge on any atom is 0.259 e. The number of halogens is 1. The second-order valence-corrected chi connectivity index (χ2v) is 6.36. The Labute approximate surface area is 166 Å². The van der Waals surface area contributed by atoms with E-state index in [-0.39, 0.29) is 11.8 Å². The summed E-state index contributed by atoms with van der Waals surface area (Å²) < 4.78 is 5.28. The molecule has 0 saturated carbocycles. The van der Waals surface area contributed by atoms with Crippen LogP contribution in [0.25, 0.3) is 0 Å². The van der Waals surface area contributed by atoms with Gasteiger partial charge in [-0.3, -0.25) is 9.59 Å². The molecule has 0 aliphatic carbocycles. The summed E-state index contributed by atoms with van der Waals surface area (Å²) in [5, 5.41) is 5.66. The number of ether oxygens (including phenoxy) is 1. The number of rotatable bonds is 10. The summed E-state index contributed by atoms with van der Waals surface area (Å²) in [5.74, 6) is 0.159. The molecule has 1 rings (SSSR count). The zero-order valence-electron chi connectivity index (χ0n) is 16.3. The Hall–Kier alpha value is -2.31. The first-order valence-corrected chi connectivity index (χ1v) is 9.31. The number of methoxy groups -OCH3 is 1. The fourth-order valence-corrected chi connectivity index (χ4v) is 2.36. The van der Waals surface area contributed by atoms with Crippen molar-refractivity contribution in [2.24, 2.45) is 0 Å². The van der Waals surface area contributed by atoms with E-state index in [0.717, 1.165) is 13.0 Å².